The van der Waals surface area contributed by atoms with Gasteiger partial charge in [-0.25, -0.2) is 8.78 Å². The number of rotatable bonds is 4. The maximum Gasteiger partial charge on any atom is 0.126 e. The molecule has 0 spiro atoms. The Hall–Kier alpha value is -0.610. The first-order valence-electron chi connectivity index (χ1n) is 4.24. The minimum atomic E-state index is -0.601. The second-order valence-corrected chi connectivity index (χ2v) is 4.00. The molecule has 1 unspecified atom stereocenters. The lowest BCUT2D eigenvalue weighted by Crippen LogP contribution is -2.13. The van der Waals surface area contributed by atoms with Gasteiger partial charge in [-0.3, -0.25) is 0 Å². The van der Waals surface area contributed by atoms with Gasteiger partial charge in [-0.2, -0.15) is 11.8 Å². The minimum Gasteiger partial charge on any atom is -0.392 e. The van der Waals surface area contributed by atoms with E-state index in [2.05, 4.69) is 0 Å². The van der Waals surface area contributed by atoms with Crippen molar-refractivity contribution in [3.05, 3.63) is 35.4 Å². The highest BCUT2D eigenvalue weighted by molar-refractivity contribution is 7.98. The van der Waals surface area contributed by atoms with Gasteiger partial charge in [-0.1, -0.05) is 0 Å². The van der Waals surface area contributed by atoms with E-state index in [-0.39, 0.29) is 6.42 Å². The molecule has 0 aliphatic rings. The molecule has 0 bridgehead atoms. The number of hydrogen-bond donors (Lipinski definition) is 1. The summed E-state index contributed by atoms with van der Waals surface area (Å²) in [4.78, 5) is 0. The van der Waals surface area contributed by atoms with Crippen molar-refractivity contribution in [3.63, 3.8) is 0 Å². The molecule has 1 nitrogen and oxygen atoms in total. The molecule has 1 atom stereocenters. The van der Waals surface area contributed by atoms with Gasteiger partial charge in [0.15, 0.2) is 0 Å². The highest BCUT2D eigenvalue weighted by Crippen LogP contribution is 2.11. The maximum absolute atomic E-state index is 12.7. The summed E-state index contributed by atoms with van der Waals surface area (Å²) in [6.45, 7) is 0. The largest absolute Gasteiger partial charge is 0.392 e. The van der Waals surface area contributed by atoms with Gasteiger partial charge in [-0.15, -0.1) is 0 Å². The van der Waals surface area contributed by atoms with Gasteiger partial charge in [0.05, 0.1) is 6.10 Å². The Bertz CT molecular complexity index is 284. The van der Waals surface area contributed by atoms with Crippen molar-refractivity contribution in [2.24, 2.45) is 0 Å². The zero-order valence-corrected chi connectivity index (χ0v) is 8.65. The van der Waals surface area contributed by atoms with E-state index < -0.39 is 17.7 Å². The van der Waals surface area contributed by atoms with Gasteiger partial charge in [0.25, 0.3) is 0 Å². The lowest BCUT2D eigenvalue weighted by atomic mass is 10.1. The number of benzene rings is 1. The van der Waals surface area contributed by atoms with Crippen molar-refractivity contribution < 1.29 is 13.9 Å². The van der Waals surface area contributed by atoms with Crippen LogP contribution in [0, 0.1) is 11.6 Å². The third kappa shape index (κ3) is 3.64. The van der Waals surface area contributed by atoms with Crippen molar-refractivity contribution in [2.75, 3.05) is 12.0 Å². The number of aliphatic hydroxyl groups is 1. The zero-order valence-electron chi connectivity index (χ0n) is 7.84. The molecule has 1 rings (SSSR count). The first kappa shape index (κ1) is 11.5. The molecule has 4 heteroatoms. The summed E-state index contributed by atoms with van der Waals surface area (Å²) < 4.78 is 25.5. The van der Waals surface area contributed by atoms with Crippen LogP contribution < -0.4 is 0 Å². The highest BCUT2D eigenvalue weighted by atomic mass is 32.2. The van der Waals surface area contributed by atoms with Crippen molar-refractivity contribution in [1.29, 1.82) is 0 Å². The van der Waals surface area contributed by atoms with E-state index in [0.717, 1.165) is 6.07 Å². The lowest BCUT2D eigenvalue weighted by molar-refractivity contribution is 0.200. The molecular weight excluding hydrogens is 206 g/mol. The fourth-order valence-corrected chi connectivity index (χ4v) is 1.75. The summed E-state index contributed by atoms with van der Waals surface area (Å²) in [6, 6.07) is 3.31. The van der Waals surface area contributed by atoms with Crippen LogP contribution in [0.15, 0.2) is 18.2 Å². The topological polar surface area (TPSA) is 20.2 Å². The second-order valence-electron chi connectivity index (χ2n) is 3.09. The molecule has 0 fully saturated rings. The van der Waals surface area contributed by atoms with E-state index in [4.69, 9.17) is 0 Å². The van der Waals surface area contributed by atoms with E-state index in [1.54, 1.807) is 0 Å². The fourth-order valence-electron chi connectivity index (χ4n) is 1.25. The van der Waals surface area contributed by atoms with Crippen LogP contribution in [-0.4, -0.2) is 23.2 Å². The van der Waals surface area contributed by atoms with E-state index in [1.807, 2.05) is 6.26 Å². The maximum atomic E-state index is 12.7. The average Bonchev–Trinajstić information content (AvgIpc) is 2.01. The van der Waals surface area contributed by atoms with Gasteiger partial charge < -0.3 is 5.11 Å². The molecule has 0 saturated heterocycles. The standard InChI is InChI=1S/C10H12F2OS/c1-14-6-10(13)4-7-2-8(11)5-9(12)3-7/h2-3,5,10,13H,4,6H2,1H3. The lowest BCUT2D eigenvalue weighted by Gasteiger charge is -2.08. The van der Waals surface area contributed by atoms with Crippen molar-refractivity contribution in [2.45, 2.75) is 12.5 Å². The molecule has 0 radical (unpaired) electrons. The Labute approximate surface area is 86.1 Å². The molecule has 0 aliphatic carbocycles. The van der Waals surface area contributed by atoms with Gasteiger partial charge >= 0.3 is 0 Å². The number of thioether (sulfide) groups is 1. The summed E-state index contributed by atoms with van der Waals surface area (Å²) in [5.74, 6) is -0.634. The summed E-state index contributed by atoms with van der Waals surface area (Å²) in [6.07, 6.45) is 1.61. The average molecular weight is 218 g/mol. The predicted molar refractivity (Wildman–Crippen MR) is 54.5 cm³/mol. The van der Waals surface area contributed by atoms with Crippen LogP contribution in [0.4, 0.5) is 8.78 Å². The first-order chi connectivity index (χ1) is 6.61. The van der Waals surface area contributed by atoms with Crippen molar-refractivity contribution in [1.82, 2.24) is 0 Å². The Morgan fingerprint density at radius 3 is 2.36 bits per heavy atom. The van der Waals surface area contributed by atoms with E-state index in [0.29, 0.717) is 11.3 Å². The molecule has 14 heavy (non-hydrogen) atoms. The van der Waals surface area contributed by atoms with Crippen LogP contribution in [0.3, 0.4) is 0 Å². The fraction of sp³-hybridized carbons (Fsp3) is 0.400. The van der Waals surface area contributed by atoms with Crippen molar-refractivity contribution >= 4 is 11.8 Å². The Balaban J connectivity index is 2.66. The molecule has 78 valence electrons. The summed E-state index contributed by atoms with van der Waals surface area (Å²) in [7, 11) is 0. The molecule has 1 aromatic rings. The van der Waals surface area contributed by atoms with Gasteiger partial charge in [0, 0.05) is 11.8 Å². The summed E-state index contributed by atoms with van der Waals surface area (Å²) in [5.41, 5.74) is 0.490. The Kier molecular flexibility index (Phi) is 4.35. The predicted octanol–water partition coefficient (Wildman–Crippen LogP) is 2.23. The minimum absolute atomic E-state index is 0.287. The molecule has 1 N–H and O–H groups in total. The molecule has 0 saturated carbocycles. The molecule has 1 aromatic carbocycles. The summed E-state index contributed by atoms with van der Waals surface area (Å²) in [5, 5.41) is 9.42. The summed E-state index contributed by atoms with van der Waals surface area (Å²) >= 11 is 1.50. The quantitative estimate of drug-likeness (QED) is 0.836. The number of aliphatic hydroxyl groups excluding tert-OH is 1. The van der Waals surface area contributed by atoms with Crippen LogP contribution in [0.2, 0.25) is 0 Å². The molecule has 0 amide bonds. The van der Waals surface area contributed by atoms with Gasteiger partial charge in [0.1, 0.15) is 11.6 Å². The van der Waals surface area contributed by atoms with Gasteiger partial charge in [0.2, 0.25) is 0 Å². The Morgan fingerprint density at radius 1 is 1.29 bits per heavy atom. The van der Waals surface area contributed by atoms with Crippen LogP contribution in [0.1, 0.15) is 5.56 Å². The monoisotopic (exact) mass is 218 g/mol. The van der Waals surface area contributed by atoms with Gasteiger partial charge in [-0.05, 0) is 30.4 Å². The number of halogens is 2. The first-order valence-corrected chi connectivity index (χ1v) is 5.63. The van der Waals surface area contributed by atoms with Crippen LogP contribution >= 0.6 is 11.8 Å². The normalized spacial score (nSPS) is 12.9. The molecular formula is C10H12F2OS. The van der Waals surface area contributed by atoms with Crippen LogP contribution in [0.5, 0.6) is 0 Å². The van der Waals surface area contributed by atoms with E-state index in [9.17, 15) is 13.9 Å². The highest BCUT2D eigenvalue weighted by Gasteiger charge is 2.07. The smallest absolute Gasteiger partial charge is 0.126 e. The zero-order chi connectivity index (χ0) is 10.6. The Morgan fingerprint density at radius 2 is 1.86 bits per heavy atom. The number of hydrogen-bond acceptors (Lipinski definition) is 2. The molecule has 0 aromatic heterocycles. The van der Waals surface area contributed by atoms with E-state index >= 15 is 0 Å². The van der Waals surface area contributed by atoms with Crippen LogP contribution in [-0.2, 0) is 6.42 Å². The molecule has 0 aliphatic heterocycles. The SMILES string of the molecule is CSCC(O)Cc1cc(F)cc(F)c1. The van der Waals surface area contributed by atoms with Crippen LogP contribution in [0.25, 0.3) is 0 Å². The van der Waals surface area contributed by atoms with E-state index in [1.165, 1.54) is 23.9 Å². The second kappa shape index (κ2) is 5.32. The molecule has 0 heterocycles. The van der Waals surface area contributed by atoms with Crippen molar-refractivity contribution in [3.8, 4) is 0 Å². The third-order valence-electron chi connectivity index (χ3n) is 1.75. The third-order valence-corrected chi connectivity index (χ3v) is 2.47.